The Morgan fingerprint density at radius 3 is 2.76 bits per heavy atom. The van der Waals surface area contributed by atoms with E-state index < -0.39 is 0 Å². The zero-order valence-electron chi connectivity index (χ0n) is 14.3. The third-order valence-electron chi connectivity index (χ3n) is 5.47. The standard InChI is InChI=1S/C20H20NO4/c1-22-17-4-3-12-7-16-14-9-19-18(24-11-25-19)8-13(14)5-6-21(16)10-15(12)20(17)23-2/h3-6,8-9,15,20H,7,10-11H2,1-2H3/q+1/t15-,20+/m1/s1. The SMILES string of the molecule is COC1=CC=C2Cc3c4cc5c(cc4cc[n+]3C[C@H]2[C@@H]1OC)OCO5. The van der Waals surface area contributed by atoms with Crippen molar-refractivity contribution in [3.8, 4) is 11.5 Å². The van der Waals surface area contributed by atoms with Crippen molar-refractivity contribution in [1.82, 2.24) is 0 Å². The van der Waals surface area contributed by atoms with E-state index in [0.717, 1.165) is 30.2 Å². The van der Waals surface area contributed by atoms with Crippen LogP contribution in [0.3, 0.4) is 0 Å². The molecule has 3 aliphatic rings. The molecule has 128 valence electrons. The molecule has 2 atom stereocenters. The van der Waals surface area contributed by atoms with Gasteiger partial charge in [-0.05, 0) is 29.2 Å². The molecule has 0 radical (unpaired) electrons. The van der Waals surface area contributed by atoms with Gasteiger partial charge in [0, 0.05) is 13.2 Å². The van der Waals surface area contributed by atoms with Crippen LogP contribution in [0.4, 0.5) is 0 Å². The van der Waals surface area contributed by atoms with Crippen molar-refractivity contribution in [1.29, 1.82) is 0 Å². The Bertz CT molecular complexity index is 931. The Balaban J connectivity index is 1.63. The fraction of sp³-hybridized carbons (Fsp3) is 0.350. The van der Waals surface area contributed by atoms with Gasteiger partial charge in [0.15, 0.2) is 29.9 Å². The van der Waals surface area contributed by atoms with Gasteiger partial charge in [-0.1, -0.05) is 6.08 Å². The van der Waals surface area contributed by atoms with Crippen molar-refractivity contribution < 1.29 is 23.5 Å². The zero-order chi connectivity index (χ0) is 17.0. The van der Waals surface area contributed by atoms with Crippen LogP contribution in [0.2, 0.25) is 0 Å². The summed E-state index contributed by atoms with van der Waals surface area (Å²) in [6.07, 6.45) is 7.26. The lowest BCUT2D eigenvalue weighted by Gasteiger charge is -2.33. The van der Waals surface area contributed by atoms with Crippen LogP contribution >= 0.6 is 0 Å². The van der Waals surface area contributed by atoms with Gasteiger partial charge < -0.3 is 18.9 Å². The maximum Gasteiger partial charge on any atom is 0.231 e. The number of methoxy groups -OCH3 is 2. The number of hydrogen-bond acceptors (Lipinski definition) is 4. The molecule has 0 amide bonds. The number of aromatic nitrogens is 1. The summed E-state index contributed by atoms with van der Waals surface area (Å²) in [6.45, 7) is 1.18. The summed E-state index contributed by atoms with van der Waals surface area (Å²) in [5.74, 6) is 2.85. The smallest absolute Gasteiger partial charge is 0.231 e. The second kappa shape index (κ2) is 5.49. The van der Waals surface area contributed by atoms with Gasteiger partial charge in [0.05, 0.1) is 24.8 Å². The van der Waals surface area contributed by atoms with E-state index in [1.54, 1.807) is 14.2 Å². The molecule has 0 spiro atoms. The number of hydrogen-bond donors (Lipinski definition) is 0. The van der Waals surface area contributed by atoms with Crippen LogP contribution < -0.4 is 14.0 Å². The molecule has 0 bridgehead atoms. The van der Waals surface area contributed by atoms with Gasteiger partial charge in [-0.3, -0.25) is 0 Å². The molecule has 5 heteroatoms. The summed E-state index contributed by atoms with van der Waals surface area (Å²) < 4.78 is 24.7. The summed E-state index contributed by atoms with van der Waals surface area (Å²) in [5.41, 5.74) is 2.69. The van der Waals surface area contributed by atoms with Crippen LogP contribution in [0, 0.1) is 5.92 Å². The van der Waals surface area contributed by atoms with E-state index in [-0.39, 0.29) is 6.10 Å². The summed E-state index contributed by atoms with van der Waals surface area (Å²) in [7, 11) is 3.46. The maximum atomic E-state index is 5.74. The van der Waals surface area contributed by atoms with Crippen molar-refractivity contribution in [2.24, 2.45) is 5.92 Å². The Hall–Kier alpha value is -2.53. The predicted octanol–water partition coefficient (Wildman–Crippen LogP) is 2.51. The summed E-state index contributed by atoms with van der Waals surface area (Å²) in [5, 5.41) is 2.41. The first kappa shape index (κ1) is 14.8. The molecule has 3 heterocycles. The Morgan fingerprint density at radius 1 is 1.12 bits per heavy atom. The van der Waals surface area contributed by atoms with E-state index in [1.807, 2.05) is 6.08 Å². The Morgan fingerprint density at radius 2 is 1.96 bits per heavy atom. The third-order valence-corrected chi connectivity index (χ3v) is 5.47. The number of fused-ring (bicyclic) bond motifs is 5. The van der Waals surface area contributed by atoms with Gasteiger partial charge in [0.25, 0.3) is 0 Å². The second-order valence-electron chi connectivity index (χ2n) is 6.66. The average molecular weight is 338 g/mol. The van der Waals surface area contributed by atoms with Crippen molar-refractivity contribution in [2.75, 3.05) is 21.0 Å². The van der Waals surface area contributed by atoms with Crippen molar-refractivity contribution >= 4 is 10.8 Å². The molecule has 0 saturated heterocycles. The van der Waals surface area contributed by atoms with Crippen LogP contribution in [0.15, 0.2) is 47.9 Å². The molecule has 1 aliphatic carbocycles. The number of allylic oxidation sites excluding steroid dienone is 2. The van der Waals surface area contributed by atoms with Crippen LogP contribution in [-0.4, -0.2) is 27.1 Å². The minimum Gasteiger partial charge on any atom is -0.498 e. The Labute approximate surface area is 146 Å². The molecule has 5 rings (SSSR count). The highest BCUT2D eigenvalue weighted by molar-refractivity contribution is 5.87. The molecule has 2 aliphatic heterocycles. The maximum absolute atomic E-state index is 5.74. The van der Waals surface area contributed by atoms with Gasteiger partial charge in [-0.25, -0.2) is 4.57 Å². The van der Waals surface area contributed by atoms with Crippen LogP contribution in [0.1, 0.15) is 5.69 Å². The van der Waals surface area contributed by atoms with Gasteiger partial charge in [0.1, 0.15) is 11.9 Å². The normalized spacial score (nSPS) is 23.6. The van der Waals surface area contributed by atoms with Crippen LogP contribution in [-0.2, 0) is 22.4 Å². The molecule has 0 saturated carbocycles. The molecule has 1 aromatic heterocycles. The van der Waals surface area contributed by atoms with Crippen LogP contribution in [0.5, 0.6) is 11.5 Å². The lowest BCUT2D eigenvalue weighted by molar-refractivity contribution is -0.712. The molecule has 1 aromatic carbocycles. The molecular formula is C20H20NO4+. The fourth-order valence-electron chi connectivity index (χ4n) is 4.20. The lowest BCUT2D eigenvalue weighted by atomic mass is 9.81. The van der Waals surface area contributed by atoms with E-state index >= 15 is 0 Å². The zero-order valence-corrected chi connectivity index (χ0v) is 14.3. The van der Waals surface area contributed by atoms with E-state index in [2.05, 4.69) is 35.0 Å². The number of pyridine rings is 1. The van der Waals surface area contributed by atoms with Gasteiger partial charge in [-0.15, -0.1) is 0 Å². The fourth-order valence-corrected chi connectivity index (χ4v) is 4.20. The molecule has 2 aromatic rings. The minimum absolute atomic E-state index is 0.0295. The molecule has 0 N–H and O–H groups in total. The number of ether oxygens (including phenoxy) is 4. The first-order valence-corrected chi connectivity index (χ1v) is 8.50. The van der Waals surface area contributed by atoms with E-state index in [0.29, 0.717) is 12.7 Å². The topological polar surface area (TPSA) is 40.8 Å². The lowest BCUT2D eigenvalue weighted by Crippen LogP contribution is -2.50. The monoisotopic (exact) mass is 338 g/mol. The van der Waals surface area contributed by atoms with Crippen LogP contribution in [0.25, 0.3) is 10.8 Å². The molecule has 25 heavy (non-hydrogen) atoms. The van der Waals surface area contributed by atoms with Crippen molar-refractivity contribution in [3.05, 3.63) is 53.6 Å². The number of nitrogens with zero attached hydrogens (tertiary/aromatic N) is 1. The molecule has 5 nitrogen and oxygen atoms in total. The second-order valence-corrected chi connectivity index (χ2v) is 6.66. The van der Waals surface area contributed by atoms with Gasteiger partial charge in [0.2, 0.25) is 6.79 Å². The van der Waals surface area contributed by atoms with E-state index in [1.165, 1.54) is 22.0 Å². The third kappa shape index (κ3) is 2.15. The number of benzene rings is 1. The van der Waals surface area contributed by atoms with Gasteiger partial charge in [-0.2, -0.15) is 0 Å². The minimum atomic E-state index is -0.0295. The summed E-state index contributed by atoms with van der Waals surface area (Å²) in [4.78, 5) is 0. The van der Waals surface area contributed by atoms with Crippen molar-refractivity contribution in [2.45, 2.75) is 19.1 Å². The van der Waals surface area contributed by atoms with Crippen molar-refractivity contribution in [3.63, 3.8) is 0 Å². The quantitative estimate of drug-likeness (QED) is 0.789. The highest BCUT2D eigenvalue weighted by atomic mass is 16.7. The Kier molecular flexibility index (Phi) is 3.25. The molecule has 0 fully saturated rings. The molecular weight excluding hydrogens is 318 g/mol. The van der Waals surface area contributed by atoms with E-state index in [4.69, 9.17) is 18.9 Å². The highest BCUT2D eigenvalue weighted by Gasteiger charge is 2.40. The summed E-state index contributed by atoms with van der Waals surface area (Å²) in [6, 6.07) is 6.32. The highest BCUT2D eigenvalue weighted by Crippen LogP contribution is 2.39. The predicted molar refractivity (Wildman–Crippen MR) is 91.4 cm³/mol. The summed E-state index contributed by atoms with van der Waals surface area (Å²) >= 11 is 0. The van der Waals surface area contributed by atoms with E-state index in [9.17, 15) is 0 Å². The first-order chi connectivity index (χ1) is 12.3. The number of rotatable bonds is 2. The largest absolute Gasteiger partial charge is 0.498 e. The molecule has 0 unspecified atom stereocenters. The first-order valence-electron chi connectivity index (χ1n) is 8.50. The average Bonchev–Trinajstić information content (AvgIpc) is 3.11. The van der Waals surface area contributed by atoms with Gasteiger partial charge >= 0.3 is 0 Å².